The second-order valence-electron chi connectivity index (χ2n) is 4.73. The van der Waals surface area contributed by atoms with Gasteiger partial charge in [-0.1, -0.05) is 11.6 Å². The van der Waals surface area contributed by atoms with Crippen molar-refractivity contribution >= 4 is 17.5 Å². The summed E-state index contributed by atoms with van der Waals surface area (Å²) in [7, 11) is 0. The summed E-state index contributed by atoms with van der Waals surface area (Å²) in [6.45, 7) is 2.77. The lowest BCUT2D eigenvalue weighted by molar-refractivity contribution is 0.0708. The molecule has 2 rings (SSSR count). The fraction of sp³-hybridized carbons (Fsp3) is 0.462. The van der Waals surface area contributed by atoms with Crippen LogP contribution in [0.25, 0.3) is 0 Å². The van der Waals surface area contributed by atoms with Crippen molar-refractivity contribution in [3.63, 3.8) is 0 Å². The molecule has 3 nitrogen and oxygen atoms in total. The molecular weight excluding hydrogens is 255 g/mol. The molecule has 1 aromatic rings. The average Bonchev–Trinajstić information content (AvgIpc) is 2.33. The number of carbonyl (C=O) groups excluding carboxylic acids is 1. The first-order valence-corrected chi connectivity index (χ1v) is 6.37. The van der Waals surface area contributed by atoms with Crippen LogP contribution in [-0.2, 0) is 0 Å². The third-order valence-corrected chi connectivity index (χ3v) is 3.54. The minimum Gasteiger partial charge on any atom is -0.337 e. The van der Waals surface area contributed by atoms with Crippen molar-refractivity contribution in [2.45, 2.75) is 25.8 Å². The molecule has 0 aromatic heterocycles. The van der Waals surface area contributed by atoms with E-state index >= 15 is 0 Å². The fourth-order valence-corrected chi connectivity index (χ4v) is 2.47. The number of nitrogens with two attached hydrogens (primary N) is 1. The number of amides is 1. The summed E-state index contributed by atoms with van der Waals surface area (Å²) in [5.74, 6) is -0.655. The van der Waals surface area contributed by atoms with Crippen LogP contribution in [0.4, 0.5) is 4.39 Å². The van der Waals surface area contributed by atoms with Crippen molar-refractivity contribution in [1.29, 1.82) is 0 Å². The molecule has 1 aliphatic rings. The van der Waals surface area contributed by atoms with E-state index in [0.29, 0.717) is 18.7 Å². The molecule has 1 atom stereocenters. The molecule has 0 aliphatic carbocycles. The summed E-state index contributed by atoms with van der Waals surface area (Å²) in [4.78, 5) is 13.9. The van der Waals surface area contributed by atoms with Gasteiger partial charge in [-0.25, -0.2) is 4.39 Å². The van der Waals surface area contributed by atoms with E-state index in [9.17, 15) is 9.18 Å². The quantitative estimate of drug-likeness (QED) is 0.851. The van der Waals surface area contributed by atoms with Gasteiger partial charge in [-0.15, -0.1) is 0 Å². The molecule has 1 heterocycles. The van der Waals surface area contributed by atoms with Crippen LogP contribution in [0.3, 0.4) is 0 Å². The first kappa shape index (κ1) is 13.3. The molecule has 18 heavy (non-hydrogen) atoms. The van der Waals surface area contributed by atoms with E-state index in [4.69, 9.17) is 17.3 Å². The normalized spacial score (nSPS) is 20.0. The van der Waals surface area contributed by atoms with Crippen LogP contribution in [-0.4, -0.2) is 29.9 Å². The lowest BCUT2D eigenvalue weighted by Gasteiger charge is -2.31. The molecule has 0 radical (unpaired) electrons. The number of hydrogen-bond donors (Lipinski definition) is 1. The second-order valence-corrected chi connectivity index (χ2v) is 5.14. The van der Waals surface area contributed by atoms with Crippen molar-refractivity contribution in [3.8, 4) is 0 Å². The summed E-state index contributed by atoms with van der Waals surface area (Å²) in [6.07, 6.45) is 1.79. The molecule has 0 saturated carbocycles. The molecule has 98 valence electrons. The van der Waals surface area contributed by atoms with Gasteiger partial charge in [0.25, 0.3) is 5.91 Å². The zero-order chi connectivity index (χ0) is 13.3. The van der Waals surface area contributed by atoms with Gasteiger partial charge < -0.3 is 10.6 Å². The van der Waals surface area contributed by atoms with E-state index in [0.717, 1.165) is 12.8 Å². The molecule has 5 heteroatoms. The van der Waals surface area contributed by atoms with Gasteiger partial charge in [0.05, 0.1) is 10.6 Å². The highest BCUT2D eigenvalue weighted by Crippen LogP contribution is 2.23. The largest absolute Gasteiger partial charge is 0.337 e. The molecule has 1 aliphatic heterocycles. The number of piperidine rings is 1. The molecule has 0 bridgehead atoms. The van der Waals surface area contributed by atoms with Gasteiger partial charge in [0.2, 0.25) is 0 Å². The lowest BCUT2D eigenvalue weighted by Crippen LogP contribution is -2.45. The van der Waals surface area contributed by atoms with Crippen molar-refractivity contribution in [1.82, 2.24) is 4.90 Å². The zero-order valence-electron chi connectivity index (χ0n) is 10.2. The number of nitrogens with zero attached hydrogens (tertiary/aromatic N) is 1. The summed E-state index contributed by atoms with van der Waals surface area (Å²) in [6, 6.07) is 2.69. The topological polar surface area (TPSA) is 46.3 Å². The Bertz CT molecular complexity index is 478. The maximum atomic E-state index is 13.5. The SMILES string of the molecule is Cc1cc(Cl)c(C(=O)N2CCCC(N)C2)cc1F. The number of benzene rings is 1. The number of likely N-dealkylation sites (tertiary alicyclic amines) is 1. The number of rotatable bonds is 1. The first-order chi connectivity index (χ1) is 8.49. The Balaban J connectivity index is 2.25. The van der Waals surface area contributed by atoms with Gasteiger partial charge in [-0.05, 0) is 37.5 Å². The number of aryl methyl sites for hydroxylation is 1. The van der Waals surface area contributed by atoms with Crippen LogP contribution in [0.1, 0.15) is 28.8 Å². The smallest absolute Gasteiger partial charge is 0.255 e. The molecule has 1 unspecified atom stereocenters. The predicted molar refractivity (Wildman–Crippen MR) is 69.3 cm³/mol. The molecular formula is C13H16ClFN2O. The van der Waals surface area contributed by atoms with Gasteiger partial charge in [-0.3, -0.25) is 4.79 Å². The third-order valence-electron chi connectivity index (χ3n) is 3.22. The maximum Gasteiger partial charge on any atom is 0.255 e. The number of halogens is 2. The highest BCUT2D eigenvalue weighted by Gasteiger charge is 2.24. The molecule has 1 saturated heterocycles. The van der Waals surface area contributed by atoms with Crippen molar-refractivity contribution in [2.24, 2.45) is 5.73 Å². The Morgan fingerprint density at radius 2 is 2.28 bits per heavy atom. The van der Waals surface area contributed by atoms with E-state index in [-0.39, 0.29) is 22.5 Å². The highest BCUT2D eigenvalue weighted by atomic mass is 35.5. The maximum absolute atomic E-state index is 13.5. The summed E-state index contributed by atoms with van der Waals surface area (Å²) in [5.41, 5.74) is 6.49. The Labute approximate surface area is 111 Å². The van der Waals surface area contributed by atoms with E-state index in [2.05, 4.69) is 0 Å². The van der Waals surface area contributed by atoms with Crippen LogP contribution in [0.5, 0.6) is 0 Å². The summed E-state index contributed by atoms with van der Waals surface area (Å²) < 4.78 is 13.5. The van der Waals surface area contributed by atoms with Crippen LogP contribution >= 0.6 is 11.6 Å². The number of hydrogen-bond acceptors (Lipinski definition) is 2. The molecule has 2 N–H and O–H groups in total. The van der Waals surface area contributed by atoms with E-state index < -0.39 is 5.82 Å². The Kier molecular flexibility index (Phi) is 3.88. The minimum absolute atomic E-state index is 0.00299. The summed E-state index contributed by atoms with van der Waals surface area (Å²) in [5, 5.41) is 0.290. The minimum atomic E-state index is -0.413. The van der Waals surface area contributed by atoms with Crippen LogP contribution in [0.2, 0.25) is 5.02 Å². The van der Waals surface area contributed by atoms with Crippen molar-refractivity contribution in [2.75, 3.05) is 13.1 Å². The lowest BCUT2D eigenvalue weighted by atomic mass is 10.0. The van der Waals surface area contributed by atoms with Gasteiger partial charge in [0.15, 0.2) is 0 Å². The monoisotopic (exact) mass is 270 g/mol. The van der Waals surface area contributed by atoms with Crippen LogP contribution < -0.4 is 5.73 Å². The van der Waals surface area contributed by atoms with Crippen LogP contribution in [0, 0.1) is 12.7 Å². The van der Waals surface area contributed by atoms with Crippen molar-refractivity contribution < 1.29 is 9.18 Å². The highest BCUT2D eigenvalue weighted by molar-refractivity contribution is 6.33. The van der Waals surface area contributed by atoms with Gasteiger partial charge >= 0.3 is 0 Å². The fourth-order valence-electron chi connectivity index (χ4n) is 2.17. The number of carbonyl (C=O) groups is 1. The third kappa shape index (κ3) is 2.65. The Hall–Kier alpha value is -1.13. The second kappa shape index (κ2) is 5.24. The zero-order valence-corrected chi connectivity index (χ0v) is 11.0. The van der Waals surface area contributed by atoms with Crippen molar-refractivity contribution in [3.05, 3.63) is 34.1 Å². The van der Waals surface area contributed by atoms with Gasteiger partial charge in [-0.2, -0.15) is 0 Å². The van der Waals surface area contributed by atoms with Gasteiger partial charge in [0.1, 0.15) is 5.82 Å². The Morgan fingerprint density at radius 1 is 1.56 bits per heavy atom. The molecule has 1 amide bonds. The predicted octanol–water partition coefficient (Wildman–Crippen LogP) is 2.35. The van der Waals surface area contributed by atoms with Crippen LogP contribution in [0.15, 0.2) is 12.1 Å². The summed E-state index contributed by atoms with van der Waals surface area (Å²) >= 11 is 6.01. The van der Waals surface area contributed by atoms with E-state index in [1.54, 1.807) is 11.8 Å². The van der Waals surface area contributed by atoms with E-state index in [1.165, 1.54) is 12.1 Å². The van der Waals surface area contributed by atoms with E-state index in [1.807, 2.05) is 0 Å². The Morgan fingerprint density at radius 3 is 2.94 bits per heavy atom. The standard InChI is InChI=1S/C13H16ClFN2O/c1-8-5-11(14)10(6-12(8)15)13(18)17-4-2-3-9(16)7-17/h5-6,9H,2-4,7,16H2,1H3. The molecule has 1 aromatic carbocycles. The first-order valence-electron chi connectivity index (χ1n) is 5.99. The van der Waals surface area contributed by atoms with Gasteiger partial charge in [0, 0.05) is 19.1 Å². The average molecular weight is 271 g/mol. The molecule has 1 fully saturated rings. The molecule has 0 spiro atoms.